The highest BCUT2D eigenvalue weighted by Crippen LogP contribution is 2.19. The van der Waals surface area contributed by atoms with Gasteiger partial charge in [-0.05, 0) is 37.1 Å². The van der Waals surface area contributed by atoms with E-state index in [1.54, 1.807) is 13.3 Å². The topological polar surface area (TPSA) is 67.3 Å². The van der Waals surface area contributed by atoms with E-state index < -0.39 is 0 Å². The fraction of sp³-hybridized carbons (Fsp3) is 0.312. The molecular weight excluding hydrogens is 280 g/mol. The molecule has 1 fully saturated rings. The summed E-state index contributed by atoms with van der Waals surface area (Å²) >= 11 is 0. The minimum Gasteiger partial charge on any atom is -0.497 e. The Morgan fingerprint density at radius 3 is 2.59 bits per heavy atom. The summed E-state index contributed by atoms with van der Waals surface area (Å²) in [5.74, 6) is 1.29. The molecule has 22 heavy (non-hydrogen) atoms. The fourth-order valence-electron chi connectivity index (χ4n) is 2.43. The van der Waals surface area contributed by atoms with Crippen LogP contribution in [0, 0.1) is 0 Å². The smallest absolute Gasteiger partial charge is 0.274 e. The summed E-state index contributed by atoms with van der Waals surface area (Å²) in [6.45, 7) is 1.60. The van der Waals surface area contributed by atoms with Crippen molar-refractivity contribution in [1.82, 2.24) is 14.9 Å². The minimum atomic E-state index is -0.0524. The molecule has 2 aromatic rings. The van der Waals surface area contributed by atoms with Crippen LogP contribution in [0.25, 0.3) is 0 Å². The van der Waals surface area contributed by atoms with Gasteiger partial charge in [0.25, 0.3) is 5.91 Å². The number of nitrogens with one attached hydrogen (secondary N) is 1. The maximum atomic E-state index is 12.3. The number of amides is 1. The average Bonchev–Trinajstić information content (AvgIpc) is 3.09. The number of likely N-dealkylation sites (tertiary alicyclic amines) is 1. The maximum absolute atomic E-state index is 12.3. The Labute approximate surface area is 129 Å². The van der Waals surface area contributed by atoms with Crippen molar-refractivity contribution in [2.75, 3.05) is 25.5 Å². The third-order valence-electron chi connectivity index (χ3n) is 3.61. The van der Waals surface area contributed by atoms with E-state index in [0.717, 1.165) is 37.4 Å². The summed E-state index contributed by atoms with van der Waals surface area (Å²) in [7, 11) is 1.63. The van der Waals surface area contributed by atoms with Crippen molar-refractivity contribution in [3.8, 4) is 5.75 Å². The van der Waals surface area contributed by atoms with Gasteiger partial charge in [0, 0.05) is 18.8 Å². The summed E-state index contributed by atoms with van der Waals surface area (Å²) in [6.07, 6.45) is 5.23. The Morgan fingerprint density at radius 1 is 1.18 bits per heavy atom. The number of nitrogens with zero attached hydrogens (tertiary/aromatic N) is 3. The van der Waals surface area contributed by atoms with Crippen molar-refractivity contribution in [2.24, 2.45) is 0 Å². The van der Waals surface area contributed by atoms with Crippen molar-refractivity contribution in [3.63, 3.8) is 0 Å². The number of carbonyl (C=O) groups excluding carboxylic acids is 1. The van der Waals surface area contributed by atoms with E-state index >= 15 is 0 Å². The van der Waals surface area contributed by atoms with Crippen LogP contribution in [0.2, 0.25) is 0 Å². The summed E-state index contributed by atoms with van der Waals surface area (Å²) in [6, 6.07) is 7.48. The molecule has 1 saturated heterocycles. The summed E-state index contributed by atoms with van der Waals surface area (Å²) in [4.78, 5) is 22.6. The number of carbonyl (C=O) groups is 1. The highest BCUT2D eigenvalue weighted by Gasteiger charge is 2.21. The maximum Gasteiger partial charge on any atom is 0.274 e. The highest BCUT2D eigenvalue weighted by atomic mass is 16.5. The van der Waals surface area contributed by atoms with Crippen molar-refractivity contribution in [3.05, 3.63) is 42.4 Å². The molecule has 6 heteroatoms. The van der Waals surface area contributed by atoms with Crippen molar-refractivity contribution >= 4 is 17.4 Å². The Kier molecular flexibility index (Phi) is 4.18. The quantitative estimate of drug-likeness (QED) is 0.939. The standard InChI is InChI=1S/C16H18N4O2/c1-22-13-6-4-12(5-7-13)18-15-11-17-10-14(19-15)16(21)20-8-2-3-9-20/h4-7,10-11H,2-3,8-9H2,1H3,(H,18,19). The number of benzene rings is 1. The van der Waals surface area contributed by atoms with E-state index in [4.69, 9.17) is 4.74 Å². The number of hydrogen-bond acceptors (Lipinski definition) is 5. The van der Waals surface area contributed by atoms with Gasteiger partial charge in [0.1, 0.15) is 17.3 Å². The van der Waals surface area contributed by atoms with Gasteiger partial charge in [-0.2, -0.15) is 0 Å². The normalized spacial score (nSPS) is 14.0. The number of anilines is 2. The molecule has 114 valence electrons. The zero-order chi connectivity index (χ0) is 15.4. The van der Waals surface area contributed by atoms with Crippen LogP contribution in [-0.2, 0) is 0 Å². The average molecular weight is 298 g/mol. The molecule has 1 amide bonds. The van der Waals surface area contributed by atoms with E-state index in [-0.39, 0.29) is 5.91 Å². The van der Waals surface area contributed by atoms with Crippen LogP contribution in [0.3, 0.4) is 0 Å². The van der Waals surface area contributed by atoms with Gasteiger partial charge in [0.2, 0.25) is 0 Å². The Hall–Kier alpha value is -2.63. The van der Waals surface area contributed by atoms with Crippen LogP contribution in [0.15, 0.2) is 36.7 Å². The van der Waals surface area contributed by atoms with E-state index in [9.17, 15) is 4.79 Å². The van der Waals surface area contributed by atoms with Gasteiger partial charge in [-0.3, -0.25) is 9.78 Å². The molecule has 0 radical (unpaired) electrons. The number of ether oxygens (including phenoxy) is 1. The van der Waals surface area contributed by atoms with Crippen LogP contribution in [0.4, 0.5) is 11.5 Å². The lowest BCUT2D eigenvalue weighted by Gasteiger charge is -2.14. The Balaban J connectivity index is 1.74. The van der Waals surface area contributed by atoms with Crippen molar-refractivity contribution in [1.29, 1.82) is 0 Å². The van der Waals surface area contributed by atoms with E-state index in [0.29, 0.717) is 11.5 Å². The van der Waals surface area contributed by atoms with E-state index in [1.807, 2.05) is 29.2 Å². The predicted octanol–water partition coefficient (Wildman–Crippen LogP) is 2.46. The minimum absolute atomic E-state index is 0.0524. The molecule has 1 aliphatic heterocycles. The second-order valence-corrected chi connectivity index (χ2v) is 5.14. The second-order valence-electron chi connectivity index (χ2n) is 5.14. The predicted molar refractivity (Wildman–Crippen MR) is 83.4 cm³/mol. The van der Waals surface area contributed by atoms with Crippen LogP contribution in [0.5, 0.6) is 5.75 Å². The molecule has 1 N–H and O–H groups in total. The molecule has 2 heterocycles. The second kappa shape index (κ2) is 6.43. The van der Waals surface area contributed by atoms with Crippen LogP contribution in [-0.4, -0.2) is 41.0 Å². The number of hydrogen-bond donors (Lipinski definition) is 1. The summed E-state index contributed by atoms with van der Waals surface area (Å²) < 4.78 is 5.12. The van der Waals surface area contributed by atoms with Gasteiger partial charge in [-0.25, -0.2) is 4.98 Å². The largest absolute Gasteiger partial charge is 0.497 e. The molecule has 0 saturated carbocycles. The fourth-order valence-corrected chi connectivity index (χ4v) is 2.43. The summed E-state index contributed by atoms with van der Waals surface area (Å²) in [5.41, 5.74) is 1.24. The Morgan fingerprint density at radius 2 is 1.91 bits per heavy atom. The van der Waals surface area contributed by atoms with Gasteiger partial charge in [-0.15, -0.1) is 0 Å². The molecule has 0 atom stereocenters. The van der Waals surface area contributed by atoms with Gasteiger partial charge >= 0.3 is 0 Å². The van der Waals surface area contributed by atoms with Crippen LogP contribution >= 0.6 is 0 Å². The number of methoxy groups -OCH3 is 1. The molecule has 3 rings (SSSR count). The number of rotatable bonds is 4. The SMILES string of the molecule is COc1ccc(Nc2cncc(C(=O)N3CCCC3)n2)cc1. The molecule has 1 aromatic carbocycles. The lowest BCUT2D eigenvalue weighted by atomic mass is 10.3. The summed E-state index contributed by atoms with van der Waals surface area (Å²) in [5, 5.41) is 3.14. The van der Waals surface area contributed by atoms with Crippen molar-refractivity contribution < 1.29 is 9.53 Å². The lowest BCUT2D eigenvalue weighted by molar-refractivity contribution is 0.0786. The van der Waals surface area contributed by atoms with Gasteiger partial charge < -0.3 is 15.0 Å². The molecule has 0 spiro atoms. The third kappa shape index (κ3) is 3.16. The zero-order valence-electron chi connectivity index (χ0n) is 12.5. The van der Waals surface area contributed by atoms with Crippen LogP contribution < -0.4 is 10.1 Å². The molecular formula is C16H18N4O2. The Bertz CT molecular complexity index is 651. The first-order valence-electron chi connectivity index (χ1n) is 7.28. The molecule has 0 unspecified atom stereocenters. The first-order chi connectivity index (χ1) is 10.8. The molecule has 0 bridgehead atoms. The molecule has 1 aromatic heterocycles. The van der Waals surface area contributed by atoms with Gasteiger partial charge in [0.15, 0.2) is 0 Å². The van der Waals surface area contributed by atoms with Gasteiger partial charge in [0.05, 0.1) is 19.5 Å². The van der Waals surface area contributed by atoms with E-state index in [1.165, 1.54) is 6.20 Å². The zero-order valence-corrected chi connectivity index (χ0v) is 12.5. The molecule has 0 aliphatic carbocycles. The number of aromatic nitrogens is 2. The van der Waals surface area contributed by atoms with Crippen LogP contribution in [0.1, 0.15) is 23.3 Å². The first-order valence-corrected chi connectivity index (χ1v) is 7.28. The first kappa shape index (κ1) is 14.3. The third-order valence-corrected chi connectivity index (χ3v) is 3.61. The highest BCUT2D eigenvalue weighted by molar-refractivity contribution is 5.92. The monoisotopic (exact) mass is 298 g/mol. The van der Waals surface area contributed by atoms with Gasteiger partial charge in [-0.1, -0.05) is 0 Å². The van der Waals surface area contributed by atoms with E-state index in [2.05, 4.69) is 15.3 Å². The molecule has 1 aliphatic rings. The molecule has 6 nitrogen and oxygen atoms in total. The lowest BCUT2D eigenvalue weighted by Crippen LogP contribution is -2.28. The van der Waals surface area contributed by atoms with Crippen molar-refractivity contribution in [2.45, 2.75) is 12.8 Å².